The fraction of sp³-hybridized carbons (Fsp3) is 0.417. The van der Waals surface area contributed by atoms with Crippen LogP contribution in [-0.2, 0) is 14.8 Å². The normalized spacial score (nSPS) is 12.4. The molecule has 0 radical (unpaired) electrons. The van der Waals surface area contributed by atoms with Crippen LogP contribution in [0.3, 0.4) is 0 Å². The van der Waals surface area contributed by atoms with Crippen molar-refractivity contribution < 1.29 is 13.2 Å². The molecule has 0 aliphatic carbocycles. The first-order valence-corrected chi connectivity index (χ1v) is 7.98. The van der Waals surface area contributed by atoms with Crippen LogP contribution in [0.15, 0.2) is 23.1 Å². The zero-order chi connectivity index (χ0) is 15.6. The maximum atomic E-state index is 12.3. The average molecular weight is 337 g/mol. The molecule has 1 aromatic carbocycles. The highest BCUT2D eigenvalue weighted by Crippen LogP contribution is 2.22. The van der Waals surface area contributed by atoms with Crippen molar-refractivity contribution in [3.63, 3.8) is 0 Å². The highest BCUT2D eigenvalue weighted by molar-refractivity contribution is 7.89. The molecule has 0 spiro atoms. The minimum atomic E-state index is -3.70. The molecular weight excluding hydrogens is 320 g/mol. The Morgan fingerprint density at radius 2 is 2.10 bits per heavy atom. The molecule has 3 N–H and O–H groups in total. The van der Waals surface area contributed by atoms with Crippen LogP contribution in [0.25, 0.3) is 0 Å². The largest absolute Gasteiger partial charge is 0.389 e. The summed E-state index contributed by atoms with van der Waals surface area (Å²) < 4.78 is 32.1. The Labute approximate surface area is 129 Å². The minimum Gasteiger partial charge on any atom is -0.389 e. The van der Waals surface area contributed by atoms with Crippen molar-refractivity contribution >= 4 is 38.8 Å². The van der Waals surface area contributed by atoms with E-state index in [0.29, 0.717) is 5.56 Å². The van der Waals surface area contributed by atoms with E-state index in [1.165, 1.54) is 25.3 Å². The van der Waals surface area contributed by atoms with Crippen molar-refractivity contribution in [2.24, 2.45) is 5.73 Å². The van der Waals surface area contributed by atoms with Crippen LogP contribution in [0.1, 0.15) is 19.4 Å². The molecule has 0 atom stereocenters. The van der Waals surface area contributed by atoms with Crippen LogP contribution >= 0.6 is 23.8 Å². The second-order valence-corrected chi connectivity index (χ2v) is 7.46. The van der Waals surface area contributed by atoms with Crippen molar-refractivity contribution in [3.8, 4) is 0 Å². The fourth-order valence-corrected chi connectivity index (χ4v) is 3.68. The van der Waals surface area contributed by atoms with E-state index in [0.717, 1.165) is 0 Å². The number of methoxy groups -OCH3 is 1. The van der Waals surface area contributed by atoms with Crippen LogP contribution in [0.4, 0.5) is 0 Å². The standard InChI is InChI=1S/C12H17ClN2O3S2/c1-12(2,7-18-3)15-20(16,17)8-4-5-9(11(14)19)10(13)6-8/h4-6,15H,7H2,1-3H3,(H2,14,19). The van der Waals surface area contributed by atoms with Crippen molar-refractivity contribution in [3.05, 3.63) is 28.8 Å². The van der Waals surface area contributed by atoms with E-state index < -0.39 is 15.6 Å². The van der Waals surface area contributed by atoms with Gasteiger partial charge in [0, 0.05) is 12.7 Å². The number of nitrogens with two attached hydrogens (primary N) is 1. The van der Waals surface area contributed by atoms with E-state index in [1.807, 2.05) is 0 Å². The summed E-state index contributed by atoms with van der Waals surface area (Å²) in [6.07, 6.45) is 0. The van der Waals surface area contributed by atoms with Gasteiger partial charge in [-0.15, -0.1) is 0 Å². The van der Waals surface area contributed by atoms with Gasteiger partial charge in [0.25, 0.3) is 0 Å². The molecule has 8 heteroatoms. The van der Waals surface area contributed by atoms with Crippen LogP contribution < -0.4 is 10.5 Å². The molecule has 20 heavy (non-hydrogen) atoms. The third kappa shape index (κ3) is 4.39. The Kier molecular flexibility index (Phi) is 5.51. The summed E-state index contributed by atoms with van der Waals surface area (Å²) in [7, 11) is -2.20. The summed E-state index contributed by atoms with van der Waals surface area (Å²) in [5, 5.41) is 0.199. The van der Waals surface area contributed by atoms with E-state index in [-0.39, 0.29) is 21.5 Å². The van der Waals surface area contributed by atoms with E-state index in [1.54, 1.807) is 13.8 Å². The number of hydrogen-bond donors (Lipinski definition) is 2. The lowest BCUT2D eigenvalue weighted by molar-refractivity contribution is 0.141. The van der Waals surface area contributed by atoms with Crippen molar-refractivity contribution in [2.75, 3.05) is 13.7 Å². The minimum absolute atomic E-state index is 0.0479. The molecule has 0 aliphatic rings. The summed E-state index contributed by atoms with van der Waals surface area (Å²) in [5.41, 5.74) is 5.19. The molecular formula is C12H17ClN2O3S2. The lowest BCUT2D eigenvalue weighted by atomic mass is 10.1. The first-order valence-electron chi connectivity index (χ1n) is 5.71. The topological polar surface area (TPSA) is 81.4 Å². The average Bonchev–Trinajstić information content (AvgIpc) is 2.26. The summed E-state index contributed by atoms with van der Waals surface area (Å²) in [4.78, 5) is 0.165. The molecule has 0 heterocycles. The Hall–Kier alpha value is -0.730. The number of nitrogens with one attached hydrogen (secondary N) is 1. The number of thiocarbonyl (C=S) groups is 1. The molecule has 112 valence electrons. The van der Waals surface area contributed by atoms with Gasteiger partial charge in [-0.25, -0.2) is 13.1 Å². The molecule has 1 rings (SSSR count). The number of hydrogen-bond acceptors (Lipinski definition) is 4. The van der Waals surface area contributed by atoms with E-state index in [2.05, 4.69) is 4.72 Å². The van der Waals surface area contributed by atoms with Crippen LogP contribution in [0.5, 0.6) is 0 Å². The third-order valence-electron chi connectivity index (χ3n) is 2.43. The summed E-state index contributed by atoms with van der Waals surface area (Å²) in [6.45, 7) is 3.68. The lowest BCUT2D eigenvalue weighted by Gasteiger charge is -2.25. The quantitative estimate of drug-likeness (QED) is 0.772. The zero-order valence-corrected chi connectivity index (χ0v) is 13.8. The highest BCUT2D eigenvalue weighted by atomic mass is 35.5. The van der Waals surface area contributed by atoms with E-state index in [9.17, 15) is 8.42 Å². The van der Waals surface area contributed by atoms with Gasteiger partial charge >= 0.3 is 0 Å². The number of ether oxygens (including phenoxy) is 1. The van der Waals surface area contributed by atoms with Crippen LogP contribution in [-0.4, -0.2) is 32.7 Å². The Morgan fingerprint density at radius 1 is 1.50 bits per heavy atom. The van der Waals surface area contributed by atoms with Gasteiger partial charge in [0.2, 0.25) is 10.0 Å². The van der Waals surface area contributed by atoms with Crippen LogP contribution in [0.2, 0.25) is 5.02 Å². The Morgan fingerprint density at radius 3 is 2.55 bits per heavy atom. The summed E-state index contributed by atoms with van der Waals surface area (Å²) in [5.74, 6) is 0. The fourth-order valence-electron chi connectivity index (χ4n) is 1.68. The van der Waals surface area contributed by atoms with Crippen molar-refractivity contribution in [2.45, 2.75) is 24.3 Å². The maximum absolute atomic E-state index is 12.3. The molecule has 0 fully saturated rings. The van der Waals surface area contributed by atoms with Gasteiger partial charge in [-0.2, -0.15) is 0 Å². The second kappa shape index (κ2) is 6.36. The van der Waals surface area contributed by atoms with E-state index >= 15 is 0 Å². The molecule has 0 saturated carbocycles. The number of halogens is 1. The molecule has 0 aromatic heterocycles. The zero-order valence-electron chi connectivity index (χ0n) is 11.4. The van der Waals surface area contributed by atoms with Gasteiger partial charge in [-0.05, 0) is 32.0 Å². The number of benzene rings is 1. The number of rotatable bonds is 6. The maximum Gasteiger partial charge on any atom is 0.241 e. The second-order valence-electron chi connectivity index (χ2n) is 4.93. The molecule has 0 aliphatic heterocycles. The van der Waals surface area contributed by atoms with Crippen LogP contribution in [0, 0.1) is 0 Å². The van der Waals surface area contributed by atoms with Crippen molar-refractivity contribution in [1.82, 2.24) is 4.72 Å². The number of sulfonamides is 1. The van der Waals surface area contributed by atoms with Gasteiger partial charge in [-0.3, -0.25) is 0 Å². The van der Waals surface area contributed by atoms with Gasteiger partial charge < -0.3 is 10.5 Å². The lowest BCUT2D eigenvalue weighted by Crippen LogP contribution is -2.46. The Bertz CT molecular complexity index is 615. The predicted octanol–water partition coefficient (Wildman–Crippen LogP) is 1.68. The van der Waals surface area contributed by atoms with Gasteiger partial charge in [0.1, 0.15) is 4.99 Å². The molecule has 0 saturated heterocycles. The van der Waals surface area contributed by atoms with Crippen molar-refractivity contribution in [1.29, 1.82) is 0 Å². The first-order chi connectivity index (χ1) is 9.09. The summed E-state index contributed by atoms with van der Waals surface area (Å²) in [6, 6.07) is 4.22. The first kappa shape index (κ1) is 17.3. The third-order valence-corrected chi connectivity index (χ3v) is 4.66. The smallest absolute Gasteiger partial charge is 0.241 e. The molecule has 0 bridgehead atoms. The van der Waals surface area contributed by atoms with Gasteiger partial charge in [-0.1, -0.05) is 23.8 Å². The highest BCUT2D eigenvalue weighted by Gasteiger charge is 2.26. The molecule has 0 amide bonds. The molecule has 0 unspecified atom stereocenters. The van der Waals surface area contributed by atoms with E-state index in [4.69, 9.17) is 34.3 Å². The molecule has 5 nitrogen and oxygen atoms in total. The monoisotopic (exact) mass is 336 g/mol. The summed E-state index contributed by atoms with van der Waals surface area (Å²) >= 11 is 10.8. The van der Waals surface area contributed by atoms with Gasteiger partial charge in [0.05, 0.1) is 22.1 Å². The van der Waals surface area contributed by atoms with Gasteiger partial charge in [0.15, 0.2) is 0 Å². The Balaban J connectivity index is 3.11. The molecule has 1 aromatic rings. The SMILES string of the molecule is COCC(C)(C)NS(=O)(=O)c1ccc(C(N)=S)c(Cl)c1. The predicted molar refractivity (Wildman–Crippen MR) is 83.6 cm³/mol.